The van der Waals surface area contributed by atoms with Crippen molar-refractivity contribution in [2.75, 3.05) is 19.6 Å². The Balaban J connectivity index is 1.94. The normalized spacial score (nSPS) is 17.4. The van der Waals surface area contributed by atoms with Crippen molar-refractivity contribution >= 4 is 0 Å². The fraction of sp³-hybridized carbons (Fsp3) is 0.417. The summed E-state index contributed by atoms with van der Waals surface area (Å²) in [6.07, 6.45) is 0. The quantitative estimate of drug-likeness (QED) is 0.660. The van der Waals surface area contributed by atoms with E-state index in [9.17, 15) is 0 Å². The Hall–Kier alpha value is -1.33. The second kappa shape index (κ2) is 3.81. The van der Waals surface area contributed by atoms with Gasteiger partial charge in [0, 0.05) is 19.0 Å². The molecule has 0 N–H and O–H groups in total. The molecule has 2 rings (SSSR count). The maximum atomic E-state index is 8.50. The van der Waals surface area contributed by atoms with E-state index >= 15 is 0 Å². The Morgan fingerprint density at radius 3 is 2.57 bits per heavy atom. The largest absolute Gasteiger partial charge is 0.289 e. The average molecular weight is 186 g/mol. The lowest BCUT2D eigenvalue weighted by Gasteiger charge is -2.37. The standard InChI is InChI=1S/C12H14N2/c1-10-2-4-11(5-3-10)12-8-14(9-12)7-6-13/h2-5,12H,7-9H2,1H3. The van der Waals surface area contributed by atoms with Crippen LogP contribution in [0.15, 0.2) is 24.3 Å². The van der Waals surface area contributed by atoms with Crippen molar-refractivity contribution in [2.24, 2.45) is 0 Å². The molecule has 0 spiro atoms. The first-order valence-corrected chi connectivity index (χ1v) is 4.95. The Bertz CT molecular complexity index is 342. The molecule has 0 radical (unpaired) electrons. The number of aryl methyl sites for hydroxylation is 1. The Morgan fingerprint density at radius 2 is 2.00 bits per heavy atom. The molecule has 1 aromatic carbocycles. The van der Waals surface area contributed by atoms with Crippen LogP contribution in [-0.4, -0.2) is 24.5 Å². The number of benzene rings is 1. The first-order valence-electron chi connectivity index (χ1n) is 4.95. The average Bonchev–Trinajstić information content (AvgIpc) is 2.13. The van der Waals surface area contributed by atoms with Crippen LogP contribution < -0.4 is 0 Å². The lowest BCUT2D eigenvalue weighted by molar-refractivity contribution is 0.169. The van der Waals surface area contributed by atoms with Gasteiger partial charge in [-0.2, -0.15) is 5.26 Å². The molecule has 1 aliphatic heterocycles. The van der Waals surface area contributed by atoms with Crippen LogP contribution in [0, 0.1) is 18.3 Å². The first-order chi connectivity index (χ1) is 6.79. The molecule has 1 saturated heterocycles. The Kier molecular flexibility index (Phi) is 2.51. The molecule has 1 fully saturated rings. The summed E-state index contributed by atoms with van der Waals surface area (Å²) in [6.45, 7) is 4.75. The van der Waals surface area contributed by atoms with Gasteiger partial charge in [-0.15, -0.1) is 0 Å². The van der Waals surface area contributed by atoms with Crippen molar-refractivity contribution in [3.05, 3.63) is 35.4 Å². The lowest BCUT2D eigenvalue weighted by Crippen LogP contribution is -2.44. The third-order valence-corrected chi connectivity index (χ3v) is 2.80. The van der Waals surface area contributed by atoms with Crippen molar-refractivity contribution in [3.63, 3.8) is 0 Å². The Labute approximate surface area is 84.8 Å². The van der Waals surface area contributed by atoms with Crippen LogP contribution in [0.5, 0.6) is 0 Å². The minimum Gasteiger partial charge on any atom is -0.289 e. The van der Waals surface area contributed by atoms with E-state index in [4.69, 9.17) is 5.26 Å². The molecule has 0 amide bonds. The molecule has 0 unspecified atom stereocenters. The van der Waals surface area contributed by atoms with Crippen molar-refractivity contribution in [1.82, 2.24) is 4.90 Å². The molecule has 14 heavy (non-hydrogen) atoms. The second-order valence-electron chi connectivity index (χ2n) is 3.96. The molecule has 72 valence electrons. The minimum absolute atomic E-state index is 0.572. The van der Waals surface area contributed by atoms with Gasteiger partial charge >= 0.3 is 0 Å². The van der Waals surface area contributed by atoms with E-state index in [-0.39, 0.29) is 0 Å². The number of nitriles is 1. The fourth-order valence-corrected chi connectivity index (χ4v) is 1.85. The number of hydrogen-bond donors (Lipinski definition) is 0. The summed E-state index contributed by atoms with van der Waals surface area (Å²) in [4.78, 5) is 2.17. The zero-order valence-electron chi connectivity index (χ0n) is 8.40. The van der Waals surface area contributed by atoms with Gasteiger partial charge in [-0.05, 0) is 12.5 Å². The number of likely N-dealkylation sites (tertiary alicyclic amines) is 1. The monoisotopic (exact) mass is 186 g/mol. The molecule has 0 bridgehead atoms. The van der Waals surface area contributed by atoms with E-state index in [0.717, 1.165) is 13.1 Å². The molecular formula is C12H14N2. The highest BCUT2D eigenvalue weighted by Crippen LogP contribution is 2.26. The van der Waals surface area contributed by atoms with Gasteiger partial charge in [-0.3, -0.25) is 4.90 Å². The first kappa shape index (κ1) is 9.23. The van der Waals surface area contributed by atoms with Crippen molar-refractivity contribution in [1.29, 1.82) is 5.26 Å². The highest BCUT2D eigenvalue weighted by atomic mass is 15.2. The molecule has 2 nitrogen and oxygen atoms in total. The highest BCUT2D eigenvalue weighted by molar-refractivity contribution is 5.26. The van der Waals surface area contributed by atoms with Crippen molar-refractivity contribution in [2.45, 2.75) is 12.8 Å². The molecule has 1 aromatic rings. The van der Waals surface area contributed by atoms with Crippen molar-refractivity contribution < 1.29 is 0 Å². The zero-order valence-corrected chi connectivity index (χ0v) is 8.40. The number of rotatable bonds is 2. The van der Waals surface area contributed by atoms with Gasteiger partial charge in [0.25, 0.3) is 0 Å². The van der Waals surface area contributed by atoms with Gasteiger partial charge in [0.05, 0.1) is 12.6 Å². The van der Waals surface area contributed by atoms with Crippen LogP contribution in [0.2, 0.25) is 0 Å². The number of hydrogen-bond acceptors (Lipinski definition) is 2. The van der Waals surface area contributed by atoms with Gasteiger partial charge in [0.2, 0.25) is 0 Å². The predicted molar refractivity (Wildman–Crippen MR) is 56.0 cm³/mol. The summed E-state index contributed by atoms with van der Waals surface area (Å²) in [5.74, 6) is 0.643. The molecule has 0 atom stereocenters. The molecule has 1 heterocycles. The van der Waals surface area contributed by atoms with Gasteiger partial charge in [-0.25, -0.2) is 0 Å². The van der Waals surface area contributed by atoms with E-state index in [1.54, 1.807) is 0 Å². The van der Waals surface area contributed by atoms with E-state index in [1.807, 2.05) is 0 Å². The van der Waals surface area contributed by atoms with Crippen LogP contribution in [0.1, 0.15) is 17.0 Å². The van der Waals surface area contributed by atoms with E-state index in [1.165, 1.54) is 11.1 Å². The minimum atomic E-state index is 0.572. The molecule has 0 aliphatic carbocycles. The summed E-state index contributed by atoms with van der Waals surface area (Å²) in [5, 5.41) is 8.50. The molecule has 0 aromatic heterocycles. The maximum Gasteiger partial charge on any atom is 0.0866 e. The SMILES string of the molecule is Cc1ccc(C2CN(CC#N)C2)cc1. The van der Waals surface area contributed by atoms with Gasteiger partial charge in [0.1, 0.15) is 0 Å². The summed E-state index contributed by atoms with van der Waals surface area (Å²) in [5.41, 5.74) is 2.71. The third-order valence-electron chi connectivity index (χ3n) is 2.80. The molecule has 1 aliphatic rings. The van der Waals surface area contributed by atoms with Crippen molar-refractivity contribution in [3.8, 4) is 6.07 Å². The van der Waals surface area contributed by atoms with Crippen LogP contribution in [0.4, 0.5) is 0 Å². The summed E-state index contributed by atoms with van der Waals surface area (Å²) < 4.78 is 0. The lowest BCUT2D eigenvalue weighted by atomic mass is 9.91. The van der Waals surface area contributed by atoms with E-state index in [2.05, 4.69) is 42.2 Å². The third kappa shape index (κ3) is 1.78. The molecular weight excluding hydrogens is 172 g/mol. The molecule has 2 heteroatoms. The maximum absolute atomic E-state index is 8.50. The van der Waals surface area contributed by atoms with E-state index < -0.39 is 0 Å². The van der Waals surface area contributed by atoms with Crippen LogP contribution in [-0.2, 0) is 0 Å². The Morgan fingerprint density at radius 1 is 1.36 bits per heavy atom. The van der Waals surface area contributed by atoms with Gasteiger partial charge in [-0.1, -0.05) is 29.8 Å². The summed E-state index contributed by atoms with van der Waals surface area (Å²) in [7, 11) is 0. The highest BCUT2D eigenvalue weighted by Gasteiger charge is 2.27. The topological polar surface area (TPSA) is 27.0 Å². The zero-order chi connectivity index (χ0) is 9.97. The predicted octanol–water partition coefficient (Wildman–Crippen LogP) is 1.92. The summed E-state index contributed by atoms with van der Waals surface area (Å²) in [6, 6.07) is 10.9. The van der Waals surface area contributed by atoms with Crippen LogP contribution in [0.25, 0.3) is 0 Å². The van der Waals surface area contributed by atoms with E-state index in [0.29, 0.717) is 12.5 Å². The summed E-state index contributed by atoms with van der Waals surface area (Å²) >= 11 is 0. The molecule has 0 saturated carbocycles. The van der Waals surface area contributed by atoms with Gasteiger partial charge in [0.15, 0.2) is 0 Å². The second-order valence-corrected chi connectivity index (χ2v) is 3.96. The number of nitrogens with zero attached hydrogens (tertiary/aromatic N) is 2. The van der Waals surface area contributed by atoms with Crippen LogP contribution >= 0.6 is 0 Å². The van der Waals surface area contributed by atoms with Crippen LogP contribution in [0.3, 0.4) is 0 Å². The fourth-order valence-electron chi connectivity index (χ4n) is 1.85. The smallest absolute Gasteiger partial charge is 0.0866 e. The van der Waals surface area contributed by atoms with Gasteiger partial charge < -0.3 is 0 Å².